The van der Waals surface area contributed by atoms with E-state index in [1.165, 1.54) is 0 Å². The normalized spacial score (nSPS) is 13.9. The summed E-state index contributed by atoms with van der Waals surface area (Å²) in [6.45, 7) is 3.79. The van der Waals surface area contributed by atoms with Crippen LogP contribution in [0.2, 0.25) is 0 Å². The van der Waals surface area contributed by atoms with Crippen molar-refractivity contribution in [2.24, 2.45) is 5.92 Å². The third-order valence-corrected chi connectivity index (χ3v) is 6.69. The van der Waals surface area contributed by atoms with Gasteiger partial charge in [-0.25, -0.2) is 8.42 Å². The molecule has 0 radical (unpaired) electrons. The van der Waals surface area contributed by atoms with Crippen molar-refractivity contribution in [2.75, 3.05) is 10.0 Å². The van der Waals surface area contributed by atoms with Gasteiger partial charge in [0, 0.05) is 11.6 Å². The number of benzene rings is 2. The van der Waals surface area contributed by atoms with Gasteiger partial charge in [0.1, 0.15) is 11.4 Å². The second-order valence-electron chi connectivity index (χ2n) is 7.83. The molecule has 0 spiro atoms. The monoisotopic (exact) mass is 451 g/mol. The van der Waals surface area contributed by atoms with Crippen LogP contribution in [-0.4, -0.2) is 19.5 Å². The number of rotatable bonds is 8. The van der Waals surface area contributed by atoms with E-state index in [-0.39, 0.29) is 16.7 Å². The van der Waals surface area contributed by atoms with Gasteiger partial charge in [0.25, 0.3) is 10.0 Å². The summed E-state index contributed by atoms with van der Waals surface area (Å²) in [7, 11) is -3.69. The van der Waals surface area contributed by atoms with E-state index in [2.05, 4.69) is 15.2 Å². The Labute approximate surface area is 187 Å². The fraction of sp³-hybridized carbons (Fsp3) is 0.250. The highest BCUT2D eigenvalue weighted by Gasteiger charge is 2.30. The second-order valence-corrected chi connectivity index (χ2v) is 9.51. The predicted octanol–water partition coefficient (Wildman–Crippen LogP) is 4.87. The van der Waals surface area contributed by atoms with E-state index in [0.29, 0.717) is 22.8 Å². The molecule has 0 atom stereocenters. The van der Waals surface area contributed by atoms with Crippen LogP contribution in [0.15, 0.2) is 57.9 Å². The fourth-order valence-electron chi connectivity index (χ4n) is 3.22. The van der Waals surface area contributed by atoms with Crippen LogP contribution in [0, 0.1) is 12.8 Å². The molecule has 7 nitrogen and oxygen atoms in total. The van der Waals surface area contributed by atoms with Crippen molar-refractivity contribution in [3.05, 3.63) is 71.1 Å². The summed E-state index contributed by atoms with van der Waals surface area (Å²) in [6, 6.07) is 13.9. The maximum absolute atomic E-state index is 12.7. The molecule has 1 amide bonds. The molecule has 0 bridgehead atoms. The third kappa shape index (κ3) is 5.08. The first-order valence-corrected chi connectivity index (χ1v) is 12.0. The van der Waals surface area contributed by atoms with Gasteiger partial charge in [-0.3, -0.25) is 9.52 Å². The Morgan fingerprint density at radius 1 is 1.16 bits per heavy atom. The van der Waals surface area contributed by atoms with E-state index >= 15 is 0 Å². The number of anilines is 2. The topological polar surface area (TPSA) is 101 Å². The molecule has 3 aromatic rings. The molecule has 0 aliphatic heterocycles. The highest BCUT2D eigenvalue weighted by atomic mass is 32.2. The summed E-state index contributed by atoms with van der Waals surface area (Å²) >= 11 is 0. The van der Waals surface area contributed by atoms with Crippen molar-refractivity contribution < 1.29 is 17.7 Å². The van der Waals surface area contributed by atoms with Gasteiger partial charge in [-0.05, 0) is 67.7 Å². The summed E-state index contributed by atoms with van der Waals surface area (Å²) in [6.07, 6.45) is 6.14. The molecule has 2 aromatic carbocycles. The molecule has 32 heavy (non-hydrogen) atoms. The molecule has 4 rings (SSSR count). The van der Waals surface area contributed by atoms with Gasteiger partial charge in [-0.15, -0.1) is 0 Å². The second kappa shape index (κ2) is 9.00. The average molecular weight is 452 g/mol. The number of nitrogens with one attached hydrogen (secondary N) is 2. The van der Waals surface area contributed by atoms with Gasteiger partial charge < -0.3 is 9.84 Å². The van der Waals surface area contributed by atoms with Crippen molar-refractivity contribution in [3.8, 4) is 0 Å². The minimum absolute atomic E-state index is 0.0162. The molecule has 0 saturated heterocycles. The van der Waals surface area contributed by atoms with E-state index in [9.17, 15) is 13.2 Å². The molecule has 2 N–H and O–H groups in total. The number of nitrogens with zero attached hydrogens (tertiary/aromatic N) is 1. The Balaban J connectivity index is 1.47. The predicted molar refractivity (Wildman–Crippen MR) is 125 cm³/mol. The van der Waals surface area contributed by atoms with E-state index in [4.69, 9.17) is 4.52 Å². The van der Waals surface area contributed by atoms with Crippen LogP contribution in [0.1, 0.15) is 42.3 Å². The quantitative estimate of drug-likeness (QED) is 0.509. The van der Waals surface area contributed by atoms with Crippen LogP contribution in [-0.2, 0) is 21.2 Å². The van der Waals surface area contributed by atoms with Gasteiger partial charge in [-0.1, -0.05) is 42.4 Å². The van der Waals surface area contributed by atoms with Crippen LogP contribution in [0.4, 0.5) is 11.4 Å². The molecular formula is C24H25N3O4S. The van der Waals surface area contributed by atoms with Crippen LogP contribution in [0.5, 0.6) is 0 Å². The number of hydrogen-bond acceptors (Lipinski definition) is 5. The van der Waals surface area contributed by atoms with Crippen molar-refractivity contribution in [2.45, 2.75) is 38.0 Å². The van der Waals surface area contributed by atoms with Crippen molar-refractivity contribution in [1.82, 2.24) is 5.16 Å². The molecule has 1 heterocycles. The van der Waals surface area contributed by atoms with E-state index in [1.807, 2.05) is 25.1 Å². The number of hydrogen-bond donors (Lipinski definition) is 2. The van der Waals surface area contributed by atoms with Crippen LogP contribution >= 0.6 is 0 Å². The SMILES string of the molecule is CCc1cccc(NS(=O)(=O)c2ccc(/C=C\c3onc(C)c3NC(=O)C3CC3)cc2)c1. The molecule has 0 unspecified atom stereocenters. The number of sulfonamides is 1. The molecule has 1 saturated carbocycles. The van der Waals surface area contributed by atoms with Gasteiger partial charge in [0.15, 0.2) is 5.76 Å². The van der Waals surface area contributed by atoms with Crippen LogP contribution < -0.4 is 10.0 Å². The average Bonchev–Trinajstić information content (AvgIpc) is 3.58. The number of aromatic nitrogens is 1. The van der Waals surface area contributed by atoms with E-state index in [1.54, 1.807) is 49.4 Å². The minimum atomic E-state index is -3.69. The first-order valence-electron chi connectivity index (χ1n) is 10.5. The highest BCUT2D eigenvalue weighted by Crippen LogP contribution is 2.32. The zero-order valence-corrected chi connectivity index (χ0v) is 18.8. The van der Waals surface area contributed by atoms with Gasteiger partial charge in [0.05, 0.1) is 4.90 Å². The Hall–Kier alpha value is -3.39. The minimum Gasteiger partial charge on any atom is -0.354 e. The summed E-state index contributed by atoms with van der Waals surface area (Å²) in [5, 5.41) is 6.81. The van der Waals surface area contributed by atoms with Gasteiger partial charge in [0.2, 0.25) is 5.91 Å². The Bertz CT molecular complexity index is 1260. The van der Waals surface area contributed by atoms with Crippen molar-refractivity contribution in [3.63, 3.8) is 0 Å². The first-order chi connectivity index (χ1) is 15.4. The standard InChI is InChI=1S/C24H25N3O4S/c1-3-17-5-4-6-20(15-17)27-32(29,30)21-12-7-18(8-13-21)9-14-22-23(16(2)26-31-22)25-24(28)19-10-11-19/h4-9,12-15,19,27H,3,10-11H2,1-2H3,(H,25,28)/b14-9-. The fourth-order valence-corrected chi connectivity index (χ4v) is 4.27. The molecule has 1 aromatic heterocycles. The number of carbonyl (C=O) groups is 1. The Morgan fingerprint density at radius 2 is 1.91 bits per heavy atom. The maximum Gasteiger partial charge on any atom is 0.261 e. The van der Waals surface area contributed by atoms with E-state index < -0.39 is 10.0 Å². The molecule has 166 valence electrons. The lowest BCUT2D eigenvalue weighted by atomic mass is 10.1. The highest BCUT2D eigenvalue weighted by molar-refractivity contribution is 7.92. The van der Waals surface area contributed by atoms with Crippen LogP contribution in [0.25, 0.3) is 12.2 Å². The first kappa shape index (κ1) is 21.8. The molecule has 8 heteroatoms. The largest absolute Gasteiger partial charge is 0.354 e. The van der Waals surface area contributed by atoms with E-state index in [0.717, 1.165) is 30.4 Å². The zero-order chi connectivity index (χ0) is 22.7. The smallest absolute Gasteiger partial charge is 0.261 e. The van der Waals surface area contributed by atoms with Crippen LogP contribution in [0.3, 0.4) is 0 Å². The lowest BCUT2D eigenvalue weighted by molar-refractivity contribution is -0.117. The lowest BCUT2D eigenvalue weighted by Gasteiger charge is -2.09. The summed E-state index contributed by atoms with van der Waals surface area (Å²) in [5.41, 5.74) is 3.55. The summed E-state index contributed by atoms with van der Waals surface area (Å²) in [5.74, 6) is 0.511. The summed E-state index contributed by atoms with van der Waals surface area (Å²) in [4.78, 5) is 12.3. The number of aryl methyl sites for hydroxylation is 2. The van der Waals surface area contributed by atoms with Gasteiger partial charge >= 0.3 is 0 Å². The van der Waals surface area contributed by atoms with Crippen molar-refractivity contribution >= 4 is 39.5 Å². The molecular weight excluding hydrogens is 426 g/mol. The maximum atomic E-state index is 12.7. The third-order valence-electron chi connectivity index (χ3n) is 5.29. The number of carbonyl (C=O) groups excluding carboxylic acids is 1. The Morgan fingerprint density at radius 3 is 2.59 bits per heavy atom. The molecule has 1 aliphatic rings. The van der Waals surface area contributed by atoms with Crippen molar-refractivity contribution in [1.29, 1.82) is 0 Å². The molecule has 1 fully saturated rings. The number of amides is 1. The summed E-state index contributed by atoms with van der Waals surface area (Å²) < 4.78 is 33.4. The Kier molecular flexibility index (Phi) is 6.14. The lowest BCUT2D eigenvalue weighted by Crippen LogP contribution is -2.14. The van der Waals surface area contributed by atoms with Gasteiger partial charge in [-0.2, -0.15) is 0 Å². The molecule has 1 aliphatic carbocycles. The zero-order valence-electron chi connectivity index (χ0n) is 18.0.